The molecule has 1 heterocycles. The second kappa shape index (κ2) is 8.36. The Morgan fingerprint density at radius 2 is 1.97 bits per heavy atom. The number of fused-ring (bicyclic) bond motifs is 1. The standard InChI is InChI=1S/C23H26FNO3S/c1-29(26,27)28-23-14-17-5-2-3-8-21(17)22(23)12-11-20-10-9-18(15-25-20)16-6-4-7-19(24)13-16/h4,6-7,9-13,15,17,21-23H,2-3,5,8,14H2,1H3/b12-11+/t17-,21-,22+,23+/m1/s1. The molecule has 0 amide bonds. The van der Waals surface area contributed by atoms with E-state index in [1.807, 2.05) is 24.3 Å². The summed E-state index contributed by atoms with van der Waals surface area (Å²) >= 11 is 0. The molecule has 2 aliphatic rings. The highest BCUT2D eigenvalue weighted by molar-refractivity contribution is 7.86. The lowest BCUT2D eigenvalue weighted by Crippen LogP contribution is -2.24. The van der Waals surface area contributed by atoms with Gasteiger partial charge in [0.2, 0.25) is 0 Å². The Bertz CT molecular complexity index is 987. The Kier molecular flexibility index (Phi) is 5.83. The zero-order valence-corrected chi connectivity index (χ0v) is 17.3. The Hall–Kier alpha value is -2.05. The minimum atomic E-state index is -3.49. The Morgan fingerprint density at radius 3 is 2.69 bits per heavy atom. The summed E-state index contributed by atoms with van der Waals surface area (Å²) in [6.45, 7) is 0. The lowest BCUT2D eigenvalue weighted by atomic mass is 9.78. The first-order chi connectivity index (χ1) is 13.9. The summed E-state index contributed by atoms with van der Waals surface area (Å²) in [5.74, 6) is 0.818. The highest BCUT2D eigenvalue weighted by Crippen LogP contribution is 2.48. The van der Waals surface area contributed by atoms with Crippen molar-refractivity contribution < 1.29 is 17.0 Å². The number of aromatic nitrogens is 1. The molecule has 2 saturated carbocycles. The minimum absolute atomic E-state index is 0.0831. The second-order valence-corrected chi connectivity index (χ2v) is 9.80. The van der Waals surface area contributed by atoms with Crippen LogP contribution in [0.25, 0.3) is 17.2 Å². The van der Waals surface area contributed by atoms with Crippen molar-refractivity contribution in [2.24, 2.45) is 17.8 Å². The van der Waals surface area contributed by atoms with Crippen molar-refractivity contribution in [3.63, 3.8) is 0 Å². The molecule has 0 unspecified atom stereocenters. The Morgan fingerprint density at radius 1 is 1.14 bits per heavy atom. The van der Waals surface area contributed by atoms with Crippen molar-refractivity contribution in [1.29, 1.82) is 0 Å². The fraction of sp³-hybridized carbons (Fsp3) is 0.435. The van der Waals surface area contributed by atoms with E-state index in [4.69, 9.17) is 4.18 Å². The molecule has 4 rings (SSSR count). The number of rotatable bonds is 5. The van der Waals surface area contributed by atoms with E-state index in [1.54, 1.807) is 12.3 Å². The largest absolute Gasteiger partial charge is 0.266 e. The molecule has 2 fully saturated rings. The van der Waals surface area contributed by atoms with Crippen LogP contribution in [-0.4, -0.2) is 25.8 Å². The van der Waals surface area contributed by atoms with Gasteiger partial charge in [0.05, 0.1) is 18.1 Å². The second-order valence-electron chi connectivity index (χ2n) is 8.20. The van der Waals surface area contributed by atoms with Gasteiger partial charge in [-0.05, 0) is 54.5 Å². The maximum Gasteiger partial charge on any atom is 0.264 e. The van der Waals surface area contributed by atoms with Crippen LogP contribution < -0.4 is 0 Å². The lowest BCUT2D eigenvalue weighted by Gasteiger charge is -2.28. The van der Waals surface area contributed by atoms with E-state index in [-0.39, 0.29) is 17.8 Å². The van der Waals surface area contributed by atoms with Gasteiger partial charge in [0.1, 0.15) is 5.82 Å². The number of benzene rings is 1. The molecule has 0 radical (unpaired) electrons. The van der Waals surface area contributed by atoms with Gasteiger partial charge >= 0.3 is 0 Å². The van der Waals surface area contributed by atoms with E-state index in [0.717, 1.165) is 42.3 Å². The number of hydrogen-bond donors (Lipinski definition) is 0. The van der Waals surface area contributed by atoms with Crippen molar-refractivity contribution in [2.75, 3.05) is 6.26 Å². The average molecular weight is 416 g/mol. The number of hydrogen-bond acceptors (Lipinski definition) is 4. The van der Waals surface area contributed by atoms with Crippen LogP contribution in [0.1, 0.15) is 37.8 Å². The van der Waals surface area contributed by atoms with Gasteiger partial charge in [0.15, 0.2) is 0 Å². The number of pyridine rings is 1. The highest BCUT2D eigenvalue weighted by atomic mass is 32.2. The predicted octanol–water partition coefficient (Wildman–Crippen LogP) is 5.07. The van der Waals surface area contributed by atoms with E-state index in [9.17, 15) is 12.8 Å². The van der Waals surface area contributed by atoms with Crippen LogP contribution in [-0.2, 0) is 14.3 Å². The molecule has 154 valence electrons. The Labute approximate surface area is 171 Å². The van der Waals surface area contributed by atoms with Crippen molar-refractivity contribution in [1.82, 2.24) is 4.98 Å². The van der Waals surface area contributed by atoms with Crippen LogP contribution in [0.2, 0.25) is 0 Å². The highest BCUT2D eigenvalue weighted by Gasteiger charge is 2.44. The lowest BCUT2D eigenvalue weighted by molar-refractivity contribution is 0.173. The molecule has 1 aromatic carbocycles. The number of nitrogens with zero attached hydrogens (tertiary/aromatic N) is 1. The van der Waals surface area contributed by atoms with Gasteiger partial charge < -0.3 is 0 Å². The molecular weight excluding hydrogens is 389 g/mol. The quantitative estimate of drug-likeness (QED) is 0.640. The van der Waals surface area contributed by atoms with Gasteiger partial charge in [0, 0.05) is 17.7 Å². The van der Waals surface area contributed by atoms with E-state index >= 15 is 0 Å². The normalized spacial score (nSPS) is 27.2. The summed E-state index contributed by atoms with van der Waals surface area (Å²) in [6.07, 6.45) is 12.1. The third-order valence-corrected chi connectivity index (χ3v) is 6.76. The maximum absolute atomic E-state index is 13.4. The van der Waals surface area contributed by atoms with E-state index in [0.29, 0.717) is 11.8 Å². The van der Waals surface area contributed by atoms with E-state index < -0.39 is 10.1 Å². The summed E-state index contributed by atoms with van der Waals surface area (Å²) in [5.41, 5.74) is 2.44. The van der Waals surface area contributed by atoms with Crippen LogP contribution in [0, 0.1) is 23.6 Å². The number of halogens is 1. The first-order valence-electron chi connectivity index (χ1n) is 10.2. The fourth-order valence-electron chi connectivity index (χ4n) is 4.91. The van der Waals surface area contributed by atoms with Crippen molar-refractivity contribution in [3.05, 3.63) is 60.2 Å². The first-order valence-corrected chi connectivity index (χ1v) is 12.0. The van der Waals surface area contributed by atoms with Gasteiger partial charge in [-0.3, -0.25) is 9.17 Å². The van der Waals surface area contributed by atoms with Crippen molar-refractivity contribution in [3.8, 4) is 11.1 Å². The molecule has 0 N–H and O–H groups in total. The molecule has 29 heavy (non-hydrogen) atoms. The molecule has 2 aromatic rings. The van der Waals surface area contributed by atoms with Crippen molar-refractivity contribution in [2.45, 2.75) is 38.2 Å². The van der Waals surface area contributed by atoms with Crippen molar-refractivity contribution >= 4 is 16.2 Å². The molecule has 0 saturated heterocycles. The zero-order chi connectivity index (χ0) is 20.4. The summed E-state index contributed by atoms with van der Waals surface area (Å²) in [4.78, 5) is 4.48. The molecule has 0 bridgehead atoms. The summed E-state index contributed by atoms with van der Waals surface area (Å²) < 4.78 is 42.3. The monoisotopic (exact) mass is 415 g/mol. The Balaban J connectivity index is 1.52. The summed E-state index contributed by atoms with van der Waals surface area (Å²) in [5, 5.41) is 0. The molecule has 4 nitrogen and oxygen atoms in total. The molecule has 2 aliphatic carbocycles. The zero-order valence-electron chi connectivity index (χ0n) is 16.5. The van der Waals surface area contributed by atoms with E-state index in [2.05, 4.69) is 11.1 Å². The predicted molar refractivity (Wildman–Crippen MR) is 112 cm³/mol. The third kappa shape index (κ3) is 4.93. The smallest absolute Gasteiger partial charge is 0.264 e. The summed E-state index contributed by atoms with van der Waals surface area (Å²) in [6, 6.07) is 10.3. The minimum Gasteiger partial charge on any atom is -0.266 e. The molecule has 0 aliphatic heterocycles. The SMILES string of the molecule is CS(=O)(=O)O[C@H]1C[C@H]2CCCC[C@H]2[C@@H]1/C=C/c1ccc(-c2cccc(F)c2)cn1. The van der Waals surface area contributed by atoms with Gasteiger partial charge in [-0.15, -0.1) is 0 Å². The van der Waals surface area contributed by atoms with E-state index in [1.165, 1.54) is 25.0 Å². The fourth-order valence-corrected chi connectivity index (χ4v) is 5.57. The van der Waals surface area contributed by atoms with Crippen LogP contribution in [0.4, 0.5) is 4.39 Å². The van der Waals surface area contributed by atoms with Gasteiger partial charge in [-0.2, -0.15) is 8.42 Å². The molecule has 6 heteroatoms. The topological polar surface area (TPSA) is 56.3 Å². The average Bonchev–Trinajstić information content (AvgIpc) is 3.02. The molecule has 0 spiro atoms. The molecular formula is C23H26FNO3S. The van der Waals surface area contributed by atoms with Gasteiger partial charge in [0.25, 0.3) is 10.1 Å². The third-order valence-electron chi connectivity index (χ3n) is 6.16. The molecule has 4 atom stereocenters. The molecule has 1 aromatic heterocycles. The van der Waals surface area contributed by atoms with Gasteiger partial charge in [-0.1, -0.05) is 43.5 Å². The van der Waals surface area contributed by atoms with Gasteiger partial charge in [-0.25, -0.2) is 4.39 Å². The first kappa shape index (κ1) is 20.2. The van der Waals surface area contributed by atoms with Crippen LogP contribution >= 0.6 is 0 Å². The maximum atomic E-state index is 13.4. The summed E-state index contributed by atoms with van der Waals surface area (Å²) in [7, 11) is -3.49. The van der Waals surface area contributed by atoms with Crippen LogP contribution in [0.3, 0.4) is 0 Å². The van der Waals surface area contributed by atoms with Crippen LogP contribution in [0.5, 0.6) is 0 Å². The van der Waals surface area contributed by atoms with Crippen LogP contribution in [0.15, 0.2) is 48.7 Å².